The Kier molecular flexibility index (Phi) is 4.63. The molecule has 0 radical (unpaired) electrons. The van der Waals surface area contributed by atoms with Crippen molar-refractivity contribution in [1.82, 2.24) is 10.2 Å². The molecule has 1 saturated carbocycles. The highest BCUT2D eigenvalue weighted by molar-refractivity contribution is 5.80. The van der Waals surface area contributed by atoms with E-state index in [1.165, 1.54) is 12.8 Å². The van der Waals surface area contributed by atoms with Crippen LogP contribution in [0.3, 0.4) is 0 Å². The number of ether oxygens (including phenoxy) is 1. The summed E-state index contributed by atoms with van der Waals surface area (Å²) in [5.41, 5.74) is 0. The highest BCUT2D eigenvalue weighted by atomic mass is 16.5. The molecule has 1 aliphatic carbocycles. The third kappa shape index (κ3) is 4.13. The van der Waals surface area contributed by atoms with Crippen LogP contribution in [0.1, 0.15) is 32.6 Å². The molecule has 1 aromatic rings. The van der Waals surface area contributed by atoms with E-state index in [1.807, 2.05) is 30.3 Å². The first-order valence-corrected chi connectivity index (χ1v) is 8.13. The molecule has 1 aliphatic heterocycles. The Morgan fingerprint density at radius 3 is 2.52 bits per heavy atom. The molecule has 1 saturated heterocycles. The maximum Gasteiger partial charge on any atom is 0.194 e. The Hall–Kier alpha value is -1.71. The number of nitrogens with one attached hydrogen (secondary N) is 1. The first-order valence-electron chi connectivity index (χ1n) is 8.13. The van der Waals surface area contributed by atoms with Crippen molar-refractivity contribution < 1.29 is 4.74 Å². The number of rotatable bonds is 4. The number of aliphatic imine (C=N–C) groups is 1. The number of guanidine groups is 1. The predicted molar refractivity (Wildman–Crippen MR) is 85.8 cm³/mol. The third-order valence-electron chi connectivity index (χ3n) is 4.01. The van der Waals surface area contributed by atoms with Gasteiger partial charge in [-0.2, -0.15) is 0 Å². The topological polar surface area (TPSA) is 36.9 Å². The Balaban J connectivity index is 1.50. The number of nitrogens with zero attached hydrogens (tertiary/aromatic N) is 2. The lowest BCUT2D eigenvalue weighted by atomic mass is 10.1. The zero-order valence-corrected chi connectivity index (χ0v) is 12.8. The van der Waals surface area contributed by atoms with Crippen molar-refractivity contribution in [3.8, 4) is 5.75 Å². The van der Waals surface area contributed by atoms with Gasteiger partial charge >= 0.3 is 0 Å². The molecule has 1 heterocycles. The monoisotopic (exact) mass is 287 g/mol. The number of likely N-dealkylation sites (tertiary alicyclic amines) is 1. The van der Waals surface area contributed by atoms with Gasteiger partial charge in [-0.05, 0) is 31.9 Å². The van der Waals surface area contributed by atoms with Crippen LogP contribution >= 0.6 is 0 Å². The smallest absolute Gasteiger partial charge is 0.194 e. The number of para-hydroxylation sites is 1. The maximum absolute atomic E-state index is 6.05. The molecule has 0 atom stereocenters. The van der Waals surface area contributed by atoms with Gasteiger partial charge in [0.15, 0.2) is 5.96 Å². The molecule has 0 aromatic heterocycles. The van der Waals surface area contributed by atoms with E-state index in [9.17, 15) is 0 Å². The fourth-order valence-electron chi connectivity index (χ4n) is 2.67. The van der Waals surface area contributed by atoms with E-state index in [4.69, 9.17) is 4.74 Å². The second kappa shape index (κ2) is 6.83. The van der Waals surface area contributed by atoms with Crippen molar-refractivity contribution in [3.63, 3.8) is 0 Å². The van der Waals surface area contributed by atoms with Gasteiger partial charge in [-0.15, -0.1) is 0 Å². The van der Waals surface area contributed by atoms with Crippen LogP contribution in [0.4, 0.5) is 0 Å². The van der Waals surface area contributed by atoms with Gasteiger partial charge in [-0.1, -0.05) is 18.2 Å². The molecule has 21 heavy (non-hydrogen) atoms. The molecule has 0 bridgehead atoms. The molecule has 0 spiro atoms. The highest BCUT2D eigenvalue weighted by Crippen LogP contribution is 2.21. The Morgan fingerprint density at radius 2 is 1.90 bits per heavy atom. The molecule has 4 nitrogen and oxygen atoms in total. The van der Waals surface area contributed by atoms with E-state index in [0.717, 1.165) is 44.2 Å². The lowest BCUT2D eigenvalue weighted by Crippen LogP contribution is -2.48. The highest BCUT2D eigenvalue weighted by Gasteiger charge is 2.27. The number of benzene rings is 1. The first-order chi connectivity index (χ1) is 10.3. The van der Waals surface area contributed by atoms with Crippen molar-refractivity contribution in [1.29, 1.82) is 0 Å². The van der Waals surface area contributed by atoms with Crippen LogP contribution in [0, 0.1) is 0 Å². The summed E-state index contributed by atoms with van der Waals surface area (Å²) in [6.07, 6.45) is 5.02. The van der Waals surface area contributed by atoms with E-state index < -0.39 is 0 Å². The Bertz CT molecular complexity index is 462. The molecule has 0 unspecified atom stereocenters. The van der Waals surface area contributed by atoms with Gasteiger partial charge < -0.3 is 15.0 Å². The van der Waals surface area contributed by atoms with Gasteiger partial charge in [0.2, 0.25) is 0 Å². The largest absolute Gasteiger partial charge is 0.490 e. The molecule has 114 valence electrons. The van der Waals surface area contributed by atoms with Gasteiger partial charge in [-0.3, -0.25) is 4.99 Å². The average Bonchev–Trinajstić information content (AvgIpc) is 3.33. The average molecular weight is 287 g/mol. The fourth-order valence-corrected chi connectivity index (χ4v) is 2.67. The number of hydrogen-bond donors (Lipinski definition) is 1. The Morgan fingerprint density at radius 1 is 1.19 bits per heavy atom. The van der Waals surface area contributed by atoms with Crippen LogP contribution in [0.15, 0.2) is 35.3 Å². The summed E-state index contributed by atoms with van der Waals surface area (Å²) in [5.74, 6) is 2.08. The first kappa shape index (κ1) is 14.2. The summed E-state index contributed by atoms with van der Waals surface area (Å²) < 4.78 is 6.05. The third-order valence-corrected chi connectivity index (χ3v) is 4.01. The zero-order chi connectivity index (χ0) is 14.5. The second-order valence-corrected chi connectivity index (χ2v) is 5.83. The summed E-state index contributed by atoms with van der Waals surface area (Å²) >= 11 is 0. The van der Waals surface area contributed by atoms with Gasteiger partial charge in [-0.25, -0.2) is 0 Å². The molecule has 1 aromatic carbocycles. The van der Waals surface area contributed by atoms with Gasteiger partial charge in [0.25, 0.3) is 0 Å². The zero-order valence-electron chi connectivity index (χ0n) is 12.8. The number of piperidine rings is 1. The van der Waals surface area contributed by atoms with Gasteiger partial charge in [0.1, 0.15) is 11.9 Å². The molecular formula is C17H25N3O. The fraction of sp³-hybridized carbons (Fsp3) is 0.588. The predicted octanol–water partition coefficient (Wildman–Crippen LogP) is 2.66. The Labute approximate surface area is 127 Å². The van der Waals surface area contributed by atoms with E-state index in [1.54, 1.807) is 0 Å². The lowest BCUT2D eigenvalue weighted by Gasteiger charge is -2.34. The number of hydrogen-bond acceptors (Lipinski definition) is 2. The van der Waals surface area contributed by atoms with E-state index in [0.29, 0.717) is 12.1 Å². The van der Waals surface area contributed by atoms with Crippen molar-refractivity contribution in [2.75, 3.05) is 19.6 Å². The maximum atomic E-state index is 6.05. The van der Waals surface area contributed by atoms with Crippen molar-refractivity contribution in [2.24, 2.45) is 4.99 Å². The van der Waals surface area contributed by atoms with Crippen LogP contribution < -0.4 is 10.1 Å². The van der Waals surface area contributed by atoms with E-state index >= 15 is 0 Å². The lowest BCUT2D eigenvalue weighted by molar-refractivity contribution is 0.129. The van der Waals surface area contributed by atoms with Gasteiger partial charge in [0.05, 0.1) is 0 Å². The second-order valence-electron chi connectivity index (χ2n) is 5.83. The molecule has 1 N–H and O–H groups in total. The van der Waals surface area contributed by atoms with E-state index in [-0.39, 0.29) is 0 Å². The standard InChI is InChI=1S/C17H25N3O/c1-2-18-17(19-14-8-9-14)20-12-10-16(11-13-20)21-15-6-4-3-5-7-15/h3-7,14,16H,2,8-13H2,1H3,(H,18,19). The van der Waals surface area contributed by atoms with Crippen molar-refractivity contribution in [2.45, 2.75) is 44.8 Å². The van der Waals surface area contributed by atoms with Crippen molar-refractivity contribution >= 4 is 5.96 Å². The molecular weight excluding hydrogens is 262 g/mol. The van der Waals surface area contributed by atoms with Crippen LogP contribution in [0.2, 0.25) is 0 Å². The molecule has 2 fully saturated rings. The van der Waals surface area contributed by atoms with Crippen molar-refractivity contribution in [3.05, 3.63) is 30.3 Å². The van der Waals surface area contributed by atoms with Gasteiger partial charge in [0, 0.05) is 38.5 Å². The minimum absolute atomic E-state index is 0.326. The molecule has 4 heteroatoms. The summed E-state index contributed by atoms with van der Waals surface area (Å²) in [6.45, 7) is 4.99. The SMILES string of the molecule is CCN=C(NC1CC1)N1CCC(Oc2ccccc2)CC1. The summed E-state index contributed by atoms with van der Waals surface area (Å²) in [4.78, 5) is 7.01. The minimum atomic E-state index is 0.326. The molecule has 0 amide bonds. The van der Waals surface area contributed by atoms with Crippen LogP contribution in [0.5, 0.6) is 5.75 Å². The van der Waals surface area contributed by atoms with Crippen LogP contribution in [-0.4, -0.2) is 42.6 Å². The summed E-state index contributed by atoms with van der Waals surface area (Å²) in [7, 11) is 0. The molecule has 3 rings (SSSR count). The van der Waals surface area contributed by atoms with E-state index in [2.05, 4.69) is 22.1 Å². The quantitative estimate of drug-likeness (QED) is 0.683. The van der Waals surface area contributed by atoms with Crippen LogP contribution in [0.25, 0.3) is 0 Å². The minimum Gasteiger partial charge on any atom is -0.490 e. The normalized spacial score (nSPS) is 20.4. The van der Waals surface area contributed by atoms with Crippen LogP contribution in [-0.2, 0) is 0 Å². The summed E-state index contributed by atoms with van der Waals surface area (Å²) in [5, 5.41) is 3.56. The molecule has 2 aliphatic rings. The summed E-state index contributed by atoms with van der Waals surface area (Å²) in [6, 6.07) is 10.8.